The van der Waals surface area contributed by atoms with Gasteiger partial charge in [-0.25, -0.2) is 0 Å². The molecule has 3 heterocycles. The fourth-order valence-corrected chi connectivity index (χ4v) is 4.30. The molecule has 0 saturated carbocycles. The number of likely N-dealkylation sites (tertiary alicyclic amines) is 1. The number of rotatable bonds is 4. The van der Waals surface area contributed by atoms with Gasteiger partial charge in [-0.15, -0.1) is 11.3 Å². The highest BCUT2D eigenvalue weighted by Crippen LogP contribution is 2.36. The van der Waals surface area contributed by atoms with Crippen LogP contribution < -0.4 is 5.32 Å². The second-order valence-corrected chi connectivity index (χ2v) is 7.31. The molecule has 3 nitrogen and oxygen atoms in total. The first-order valence-corrected chi connectivity index (χ1v) is 8.66. The average molecular weight is 292 g/mol. The molecule has 1 atom stereocenters. The van der Waals surface area contributed by atoms with E-state index in [0.717, 1.165) is 39.0 Å². The van der Waals surface area contributed by atoms with Gasteiger partial charge in [0, 0.05) is 36.3 Å². The molecule has 2 aliphatic rings. The zero-order valence-corrected chi connectivity index (χ0v) is 12.9. The normalized spacial score (nSPS) is 26.3. The molecule has 1 N–H and O–H groups in total. The van der Waals surface area contributed by atoms with E-state index in [1.54, 1.807) is 11.3 Å². The number of hydrogen-bond acceptors (Lipinski definition) is 3. The number of hydrogen-bond donors (Lipinski definition) is 1. The molecule has 0 unspecified atom stereocenters. The van der Waals surface area contributed by atoms with E-state index < -0.39 is 0 Å². The molecule has 3 rings (SSSR count). The van der Waals surface area contributed by atoms with Crippen LogP contribution in [0.1, 0.15) is 37.0 Å². The van der Waals surface area contributed by atoms with E-state index in [9.17, 15) is 4.79 Å². The van der Waals surface area contributed by atoms with Crippen LogP contribution in [0.3, 0.4) is 0 Å². The lowest BCUT2D eigenvalue weighted by molar-refractivity contribution is -0.130. The number of piperidine rings is 1. The standard InChI is InChI=1S/C16H24N2OS/c19-15(6-1-4-14-5-2-11-20-14)18-10-8-16(13-18)7-3-9-17-12-16/h2,5,11,17H,1,3-4,6-10,12-13H2/t16-/m0/s1. The molecule has 2 saturated heterocycles. The van der Waals surface area contributed by atoms with Crippen molar-refractivity contribution in [3.63, 3.8) is 0 Å². The van der Waals surface area contributed by atoms with Gasteiger partial charge >= 0.3 is 0 Å². The van der Waals surface area contributed by atoms with Gasteiger partial charge in [0.2, 0.25) is 5.91 Å². The van der Waals surface area contributed by atoms with Gasteiger partial charge in [0.1, 0.15) is 0 Å². The summed E-state index contributed by atoms with van der Waals surface area (Å²) in [5, 5.41) is 5.61. The Bertz CT molecular complexity index is 437. The number of amides is 1. The third-order valence-corrected chi connectivity index (χ3v) is 5.68. The maximum Gasteiger partial charge on any atom is 0.222 e. The number of nitrogens with one attached hydrogen (secondary N) is 1. The van der Waals surface area contributed by atoms with Gasteiger partial charge in [0.05, 0.1) is 0 Å². The molecular formula is C16H24N2OS. The van der Waals surface area contributed by atoms with Crippen LogP contribution in [-0.2, 0) is 11.2 Å². The SMILES string of the molecule is O=C(CCCc1cccs1)N1CC[C@]2(CCCNC2)C1. The van der Waals surface area contributed by atoms with Crippen LogP contribution in [0.5, 0.6) is 0 Å². The number of aryl methyl sites for hydroxylation is 1. The number of nitrogens with zero attached hydrogens (tertiary/aromatic N) is 1. The third kappa shape index (κ3) is 3.23. The summed E-state index contributed by atoms with van der Waals surface area (Å²) in [6.45, 7) is 4.21. The fourth-order valence-electron chi connectivity index (χ4n) is 3.55. The monoisotopic (exact) mass is 292 g/mol. The Kier molecular flexibility index (Phi) is 4.41. The average Bonchev–Trinajstić information content (AvgIpc) is 3.10. The molecule has 2 fully saturated rings. The third-order valence-electron chi connectivity index (χ3n) is 4.75. The first kappa shape index (κ1) is 14.1. The lowest BCUT2D eigenvalue weighted by Crippen LogP contribution is -2.42. The quantitative estimate of drug-likeness (QED) is 0.925. The molecule has 0 bridgehead atoms. The summed E-state index contributed by atoms with van der Waals surface area (Å²) in [6.07, 6.45) is 6.49. The van der Waals surface area contributed by atoms with E-state index in [0.29, 0.717) is 17.7 Å². The van der Waals surface area contributed by atoms with Crippen LogP contribution in [0.2, 0.25) is 0 Å². The Morgan fingerprint density at radius 3 is 3.15 bits per heavy atom. The Labute approximate surface area is 125 Å². The van der Waals surface area contributed by atoms with Gasteiger partial charge in [0.15, 0.2) is 0 Å². The molecule has 0 radical (unpaired) electrons. The predicted octanol–water partition coefficient (Wildman–Crippen LogP) is 2.67. The lowest BCUT2D eigenvalue weighted by atomic mass is 9.80. The summed E-state index contributed by atoms with van der Waals surface area (Å²) in [4.78, 5) is 15.8. The van der Waals surface area contributed by atoms with Crippen molar-refractivity contribution in [2.75, 3.05) is 26.2 Å². The Hall–Kier alpha value is -0.870. The van der Waals surface area contributed by atoms with E-state index in [2.05, 4.69) is 27.7 Å². The zero-order chi connectivity index (χ0) is 13.8. The van der Waals surface area contributed by atoms with Gasteiger partial charge in [-0.05, 0) is 50.1 Å². The molecule has 2 aliphatic heterocycles. The summed E-state index contributed by atoms with van der Waals surface area (Å²) in [5.41, 5.74) is 0.391. The highest BCUT2D eigenvalue weighted by Gasteiger charge is 2.40. The van der Waals surface area contributed by atoms with Gasteiger partial charge in [0.25, 0.3) is 0 Å². The number of thiophene rings is 1. The number of carbonyl (C=O) groups excluding carboxylic acids is 1. The molecule has 1 spiro atoms. The largest absolute Gasteiger partial charge is 0.342 e. The predicted molar refractivity (Wildman–Crippen MR) is 83.0 cm³/mol. The summed E-state index contributed by atoms with van der Waals surface area (Å²) in [5.74, 6) is 0.365. The van der Waals surface area contributed by atoms with Crippen LogP contribution in [0.4, 0.5) is 0 Å². The molecular weight excluding hydrogens is 268 g/mol. The van der Waals surface area contributed by atoms with Gasteiger partial charge in [-0.1, -0.05) is 6.07 Å². The number of carbonyl (C=O) groups is 1. The second-order valence-electron chi connectivity index (χ2n) is 6.28. The van der Waals surface area contributed by atoms with E-state index in [-0.39, 0.29) is 0 Å². The van der Waals surface area contributed by atoms with Gasteiger partial charge < -0.3 is 10.2 Å². The Morgan fingerprint density at radius 2 is 2.40 bits per heavy atom. The minimum atomic E-state index is 0.365. The zero-order valence-electron chi connectivity index (χ0n) is 12.1. The van der Waals surface area contributed by atoms with Crippen LogP contribution in [0.25, 0.3) is 0 Å². The van der Waals surface area contributed by atoms with E-state index >= 15 is 0 Å². The van der Waals surface area contributed by atoms with E-state index in [4.69, 9.17) is 0 Å². The minimum Gasteiger partial charge on any atom is -0.342 e. The second kappa shape index (κ2) is 6.27. The smallest absolute Gasteiger partial charge is 0.222 e. The molecule has 1 amide bonds. The molecule has 0 aromatic carbocycles. The molecule has 0 aliphatic carbocycles. The van der Waals surface area contributed by atoms with Crippen molar-refractivity contribution < 1.29 is 4.79 Å². The fraction of sp³-hybridized carbons (Fsp3) is 0.688. The maximum atomic E-state index is 12.3. The van der Waals surface area contributed by atoms with Crippen LogP contribution in [-0.4, -0.2) is 37.0 Å². The lowest BCUT2D eigenvalue weighted by Gasteiger charge is -2.33. The van der Waals surface area contributed by atoms with Crippen molar-refractivity contribution in [2.45, 2.75) is 38.5 Å². The molecule has 110 valence electrons. The molecule has 4 heteroatoms. The van der Waals surface area contributed by atoms with E-state index in [1.807, 2.05) is 0 Å². The molecule has 1 aromatic heterocycles. The topological polar surface area (TPSA) is 32.3 Å². The van der Waals surface area contributed by atoms with Crippen molar-refractivity contribution in [2.24, 2.45) is 5.41 Å². The van der Waals surface area contributed by atoms with Crippen LogP contribution in [0, 0.1) is 5.41 Å². The van der Waals surface area contributed by atoms with Gasteiger partial charge in [-0.3, -0.25) is 4.79 Å². The Balaban J connectivity index is 1.44. The van der Waals surface area contributed by atoms with Crippen molar-refractivity contribution >= 4 is 17.2 Å². The van der Waals surface area contributed by atoms with Crippen molar-refractivity contribution in [3.05, 3.63) is 22.4 Å². The Morgan fingerprint density at radius 1 is 1.45 bits per heavy atom. The summed E-state index contributed by atoms with van der Waals surface area (Å²) in [7, 11) is 0. The minimum absolute atomic E-state index is 0.365. The summed E-state index contributed by atoms with van der Waals surface area (Å²) < 4.78 is 0. The molecule has 1 aromatic rings. The van der Waals surface area contributed by atoms with Crippen molar-refractivity contribution in [1.29, 1.82) is 0 Å². The van der Waals surface area contributed by atoms with Crippen molar-refractivity contribution in [1.82, 2.24) is 10.2 Å². The summed E-state index contributed by atoms with van der Waals surface area (Å²) >= 11 is 1.79. The van der Waals surface area contributed by atoms with Crippen molar-refractivity contribution in [3.8, 4) is 0 Å². The summed E-state index contributed by atoms with van der Waals surface area (Å²) in [6, 6.07) is 4.25. The first-order chi connectivity index (χ1) is 9.77. The van der Waals surface area contributed by atoms with E-state index in [1.165, 1.54) is 24.1 Å². The van der Waals surface area contributed by atoms with Crippen LogP contribution in [0.15, 0.2) is 17.5 Å². The van der Waals surface area contributed by atoms with Crippen LogP contribution >= 0.6 is 11.3 Å². The van der Waals surface area contributed by atoms with Gasteiger partial charge in [-0.2, -0.15) is 0 Å². The maximum absolute atomic E-state index is 12.3. The highest BCUT2D eigenvalue weighted by atomic mass is 32.1. The first-order valence-electron chi connectivity index (χ1n) is 7.78. The highest BCUT2D eigenvalue weighted by molar-refractivity contribution is 7.09. The molecule has 20 heavy (non-hydrogen) atoms.